The second kappa shape index (κ2) is 7.80. The lowest BCUT2D eigenvalue weighted by atomic mass is 9.78. The Morgan fingerprint density at radius 2 is 1.68 bits per heavy atom. The van der Waals surface area contributed by atoms with E-state index in [-0.39, 0.29) is 17.2 Å². The van der Waals surface area contributed by atoms with Crippen LogP contribution in [0.4, 0.5) is 0 Å². The zero-order chi connectivity index (χ0) is 21.6. The van der Waals surface area contributed by atoms with E-state index in [0.717, 1.165) is 24.0 Å². The molecule has 3 aromatic rings. The molecule has 2 aromatic carbocycles. The monoisotopic (exact) mass is 457 g/mol. The number of nitrogens with one attached hydrogen (secondary N) is 1. The highest BCUT2D eigenvalue weighted by molar-refractivity contribution is 6.34. The van der Waals surface area contributed by atoms with Crippen molar-refractivity contribution in [1.82, 2.24) is 25.2 Å². The lowest BCUT2D eigenvalue weighted by Crippen LogP contribution is -2.59. The van der Waals surface area contributed by atoms with Crippen LogP contribution in [0.25, 0.3) is 11.0 Å². The Balaban J connectivity index is 1.15. The van der Waals surface area contributed by atoms with Crippen molar-refractivity contribution in [3.8, 4) is 0 Å². The minimum absolute atomic E-state index is 0.00173. The van der Waals surface area contributed by atoms with Crippen LogP contribution in [0.15, 0.2) is 36.4 Å². The first-order valence-electron chi connectivity index (χ1n) is 10.2. The first-order chi connectivity index (χ1) is 14.9. The summed E-state index contributed by atoms with van der Waals surface area (Å²) in [4.78, 5) is 29.3. The highest BCUT2D eigenvalue weighted by Crippen LogP contribution is 2.40. The first kappa shape index (κ1) is 20.3. The number of aromatic nitrogens is 3. The molecule has 1 spiro atoms. The van der Waals surface area contributed by atoms with E-state index in [1.54, 1.807) is 24.3 Å². The predicted molar refractivity (Wildman–Crippen MR) is 118 cm³/mol. The molecule has 1 aromatic heterocycles. The molecule has 7 nitrogen and oxygen atoms in total. The van der Waals surface area contributed by atoms with Crippen LogP contribution in [-0.4, -0.2) is 63.2 Å². The molecule has 2 saturated heterocycles. The summed E-state index contributed by atoms with van der Waals surface area (Å²) >= 11 is 12.1. The van der Waals surface area contributed by atoms with Gasteiger partial charge in [0.15, 0.2) is 0 Å². The number of carbonyl (C=O) groups excluding carboxylic acids is 2. The van der Waals surface area contributed by atoms with Crippen LogP contribution in [0.2, 0.25) is 10.0 Å². The number of benzene rings is 2. The summed E-state index contributed by atoms with van der Waals surface area (Å²) in [5.41, 5.74) is 3.01. The predicted octanol–water partition coefficient (Wildman–Crippen LogP) is 3.57. The molecule has 2 aliphatic rings. The fourth-order valence-electron chi connectivity index (χ4n) is 4.63. The molecule has 160 valence electrons. The number of hydrogen-bond donors (Lipinski definition) is 1. The summed E-state index contributed by atoms with van der Waals surface area (Å²) in [5, 5.41) is 11.8. The van der Waals surface area contributed by atoms with Gasteiger partial charge in [0.05, 0.1) is 0 Å². The molecule has 0 radical (unpaired) electrons. The van der Waals surface area contributed by atoms with Crippen molar-refractivity contribution in [3.05, 3.63) is 57.6 Å². The van der Waals surface area contributed by atoms with Crippen molar-refractivity contribution in [2.45, 2.75) is 19.3 Å². The van der Waals surface area contributed by atoms with Gasteiger partial charge in [-0.25, -0.2) is 0 Å². The van der Waals surface area contributed by atoms with E-state index >= 15 is 0 Å². The molecule has 0 unspecified atom stereocenters. The van der Waals surface area contributed by atoms with Crippen LogP contribution in [0.5, 0.6) is 0 Å². The van der Waals surface area contributed by atoms with Crippen molar-refractivity contribution in [2.75, 3.05) is 26.2 Å². The highest BCUT2D eigenvalue weighted by atomic mass is 35.5. The van der Waals surface area contributed by atoms with Crippen molar-refractivity contribution in [3.63, 3.8) is 0 Å². The van der Waals surface area contributed by atoms with Crippen LogP contribution < -0.4 is 0 Å². The first-order valence-corrected chi connectivity index (χ1v) is 11.0. The van der Waals surface area contributed by atoms with Gasteiger partial charge in [0.25, 0.3) is 5.91 Å². The number of aryl methyl sites for hydroxylation is 1. The van der Waals surface area contributed by atoms with E-state index < -0.39 is 0 Å². The third-order valence-electron chi connectivity index (χ3n) is 6.24. The van der Waals surface area contributed by atoms with Crippen LogP contribution in [0.1, 0.15) is 28.8 Å². The van der Waals surface area contributed by atoms with Gasteiger partial charge in [0.1, 0.15) is 11.0 Å². The van der Waals surface area contributed by atoms with Crippen molar-refractivity contribution < 1.29 is 9.59 Å². The van der Waals surface area contributed by atoms with Crippen LogP contribution in [0, 0.1) is 5.41 Å². The number of H-pyrrole nitrogens is 1. The Morgan fingerprint density at radius 3 is 2.45 bits per heavy atom. The van der Waals surface area contributed by atoms with E-state index in [9.17, 15) is 9.59 Å². The Kier molecular flexibility index (Phi) is 5.10. The van der Waals surface area contributed by atoms with Gasteiger partial charge in [-0.05, 0) is 54.8 Å². The number of halogens is 2. The molecular formula is C22H21Cl2N5O2. The number of hydrogen-bond acceptors (Lipinski definition) is 4. The Morgan fingerprint density at radius 1 is 0.968 bits per heavy atom. The van der Waals surface area contributed by atoms with Crippen LogP contribution in [-0.2, 0) is 11.2 Å². The molecule has 31 heavy (non-hydrogen) atoms. The average molecular weight is 458 g/mol. The second-order valence-corrected chi connectivity index (χ2v) is 9.40. The molecule has 1 N–H and O–H groups in total. The zero-order valence-corrected chi connectivity index (χ0v) is 18.3. The Bertz CT molecular complexity index is 1150. The molecule has 2 aliphatic heterocycles. The number of likely N-dealkylation sites (tertiary alicyclic amines) is 2. The van der Waals surface area contributed by atoms with E-state index in [0.29, 0.717) is 53.6 Å². The molecule has 9 heteroatoms. The molecular weight excluding hydrogens is 437 g/mol. The smallest absolute Gasteiger partial charge is 0.253 e. The number of amides is 2. The van der Waals surface area contributed by atoms with Gasteiger partial charge in [-0.3, -0.25) is 9.59 Å². The average Bonchev–Trinajstić information content (AvgIpc) is 3.36. The Hall–Kier alpha value is -2.64. The standard InChI is InChI=1S/C22H21Cl2N5O2/c23-16-7-14(8-17(24)10-16)1-4-20(30)28-6-5-22(11-28)12-29(13-22)21(31)15-2-3-18-19(9-15)26-27-25-18/h2-3,7-10H,1,4-6,11-13H2,(H,25,26,27). The van der Waals surface area contributed by atoms with Crippen LogP contribution >= 0.6 is 23.2 Å². The maximum atomic E-state index is 12.8. The van der Waals surface area contributed by atoms with Gasteiger partial charge < -0.3 is 9.80 Å². The topological polar surface area (TPSA) is 82.2 Å². The number of fused-ring (bicyclic) bond motifs is 1. The fraction of sp³-hybridized carbons (Fsp3) is 0.364. The minimum Gasteiger partial charge on any atom is -0.342 e. The molecule has 5 rings (SSSR count). The molecule has 2 amide bonds. The number of rotatable bonds is 4. The van der Waals surface area contributed by atoms with Gasteiger partial charge in [0, 0.05) is 53.6 Å². The van der Waals surface area contributed by atoms with Crippen molar-refractivity contribution >= 4 is 46.0 Å². The number of carbonyl (C=O) groups is 2. The SMILES string of the molecule is O=C(CCc1cc(Cl)cc(Cl)c1)N1CCC2(C1)CN(C(=O)c1ccc3n[nH]nc3c1)C2. The summed E-state index contributed by atoms with van der Waals surface area (Å²) in [6, 6.07) is 10.7. The van der Waals surface area contributed by atoms with Gasteiger partial charge in [-0.2, -0.15) is 15.4 Å². The maximum Gasteiger partial charge on any atom is 0.253 e. The second-order valence-electron chi connectivity index (χ2n) is 8.53. The fourth-order valence-corrected chi connectivity index (χ4v) is 5.20. The van der Waals surface area contributed by atoms with E-state index in [4.69, 9.17) is 23.2 Å². The molecule has 2 fully saturated rings. The quantitative estimate of drug-likeness (QED) is 0.648. The van der Waals surface area contributed by atoms with Crippen LogP contribution in [0.3, 0.4) is 0 Å². The normalized spacial score (nSPS) is 17.4. The number of nitrogens with zero attached hydrogens (tertiary/aromatic N) is 4. The lowest BCUT2D eigenvalue weighted by Gasteiger charge is -2.48. The molecule has 0 atom stereocenters. The van der Waals surface area contributed by atoms with E-state index in [1.807, 2.05) is 21.9 Å². The summed E-state index contributed by atoms with van der Waals surface area (Å²) in [6.07, 6.45) is 1.96. The van der Waals surface area contributed by atoms with E-state index in [1.165, 1.54) is 0 Å². The third-order valence-corrected chi connectivity index (χ3v) is 6.68. The summed E-state index contributed by atoms with van der Waals surface area (Å²) in [6.45, 7) is 2.79. The third kappa shape index (κ3) is 4.00. The Labute approximate surface area is 189 Å². The molecule has 0 aliphatic carbocycles. The molecule has 0 saturated carbocycles. The molecule has 3 heterocycles. The van der Waals surface area contributed by atoms with Gasteiger partial charge in [0.2, 0.25) is 5.91 Å². The molecule has 0 bridgehead atoms. The lowest BCUT2D eigenvalue weighted by molar-refractivity contribution is -0.131. The van der Waals surface area contributed by atoms with Gasteiger partial charge in [-0.1, -0.05) is 23.2 Å². The van der Waals surface area contributed by atoms with Gasteiger partial charge >= 0.3 is 0 Å². The summed E-state index contributed by atoms with van der Waals surface area (Å²) in [5.74, 6) is 0.132. The van der Waals surface area contributed by atoms with Gasteiger partial charge in [-0.15, -0.1) is 0 Å². The van der Waals surface area contributed by atoms with E-state index in [2.05, 4.69) is 15.4 Å². The van der Waals surface area contributed by atoms with Crippen molar-refractivity contribution in [1.29, 1.82) is 0 Å². The minimum atomic E-state index is -0.00173. The largest absolute Gasteiger partial charge is 0.342 e. The van der Waals surface area contributed by atoms with Crippen molar-refractivity contribution in [2.24, 2.45) is 5.41 Å². The highest BCUT2D eigenvalue weighted by Gasteiger charge is 2.50. The maximum absolute atomic E-state index is 12.8. The summed E-state index contributed by atoms with van der Waals surface area (Å²) in [7, 11) is 0. The summed E-state index contributed by atoms with van der Waals surface area (Å²) < 4.78 is 0. The zero-order valence-electron chi connectivity index (χ0n) is 16.8. The number of aromatic amines is 1.